The second kappa shape index (κ2) is 8.56. The lowest BCUT2D eigenvalue weighted by atomic mass is 10.1. The lowest BCUT2D eigenvalue weighted by molar-refractivity contribution is -0.127. The quantitative estimate of drug-likeness (QED) is 0.675. The van der Waals surface area contributed by atoms with E-state index in [1.165, 1.54) is 0 Å². The monoisotopic (exact) mass is 381 g/mol. The van der Waals surface area contributed by atoms with Crippen LogP contribution in [0.1, 0.15) is 23.9 Å². The van der Waals surface area contributed by atoms with Crippen LogP contribution in [0.3, 0.4) is 0 Å². The largest absolute Gasteiger partial charge is 0.497 e. The molecule has 0 aliphatic rings. The molecule has 0 radical (unpaired) electrons. The first-order chi connectivity index (χ1) is 13.5. The van der Waals surface area contributed by atoms with E-state index in [0.29, 0.717) is 23.2 Å². The minimum atomic E-state index is -0.652. The van der Waals surface area contributed by atoms with Crippen molar-refractivity contribution in [2.45, 2.75) is 33.4 Å². The Balaban J connectivity index is 1.58. The highest BCUT2D eigenvalue weighted by atomic mass is 16.5. The van der Waals surface area contributed by atoms with Crippen molar-refractivity contribution in [3.8, 4) is 22.9 Å². The summed E-state index contributed by atoms with van der Waals surface area (Å²) in [4.78, 5) is 16.6. The van der Waals surface area contributed by atoms with Gasteiger partial charge in [0.2, 0.25) is 11.7 Å². The summed E-state index contributed by atoms with van der Waals surface area (Å²) in [6, 6.07) is 13.1. The third-order valence-electron chi connectivity index (χ3n) is 4.44. The number of aromatic nitrogens is 2. The van der Waals surface area contributed by atoms with E-state index in [2.05, 4.69) is 15.5 Å². The van der Waals surface area contributed by atoms with E-state index >= 15 is 0 Å². The van der Waals surface area contributed by atoms with E-state index < -0.39 is 6.10 Å². The van der Waals surface area contributed by atoms with Crippen LogP contribution in [0.2, 0.25) is 0 Å². The molecule has 0 spiro atoms. The fraction of sp³-hybridized carbons (Fsp3) is 0.286. The van der Waals surface area contributed by atoms with E-state index in [-0.39, 0.29) is 12.5 Å². The summed E-state index contributed by atoms with van der Waals surface area (Å²) in [7, 11) is 1.60. The van der Waals surface area contributed by atoms with Crippen molar-refractivity contribution in [2.75, 3.05) is 7.11 Å². The second-order valence-corrected chi connectivity index (χ2v) is 6.42. The minimum absolute atomic E-state index is 0.121. The Morgan fingerprint density at radius 1 is 1.21 bits per heavy atom. The zero-order valence-corrected chi connectivity index (χ0v) is 16.4. The van der Waals surface area contributed by atoms with Gasteiger partial charge in [0.1, 0.15) is 11.5 Å². The van der Waals surface area contributed by atoms with E-state index in [0.717, 1.165) is 16.7 Å². The maximum atomic E-state index is 12.3. The van der Waals surface area contributed by atoms with Gasteiger partial charge in [-0.05, 0) is 50.1 Å². The van der Waals surface area contributed by atoms with E-state index in [4.69, 9.17) is 14.0 Å². The molecule has 2 aromatic carbocycles. The Kier molecular flexibility index (Phi) is 5.93. The van der Waals surface area contributed by atoms with Gasteiger partial charge in [0, 0.05) is 5.56 Å². The number of carbonyl (C=O) groups is 1. The molecule has 0 unspecified atom stereocenters. The molecule has 0 aliphatic heterocycles. The number of benzene rings is 2. The molecule has 1 heterocycles. The van der Waals surface area contributed by atoms with Crippen molar-refractivity contribution >= 4 is 5.91 Å². The summed E-state index contributed by atoms with van der Waals surface area (Å²) in [6.07, 6.45) is -0.652. The number of methoxy groups -OCH3 is 1. The fourth-order valence-corrected chi connectivity index (χ4v) is 2.61. The SMILES string of the molecule is COc1cccc(-c2noc(CNC(=O)[C@H](C)Oc3cccc(C)c3C)n2)c1. The third-order valence-corrected chi connectivity index (χ3v) is 4.44. The fourth-order valence-electron chi connectivity index (χ4n) is 2.61. The number of carbonyl (C=O) groups excluding carboxylic acids is 1. The topological polar surface area (TPSA) is 86.5 Å². The Labute approximate surface area is 163 Å². The van der Waals surface area contributed by atoms with Crippen LogP contribution in [-0.4, -0.2) is 29.3 Å². The van der Waals surface area contributed by atoms with Crippen LogP contribution in [0, 0.1) is 13.8 Å². The number of aryl methyl sites for hydroxylation is 1. The van der Waals surface area contributed by atoms with Gasteiger partial charge in [0.05, 0.1) is 13.7 Å². The first-order valence-electron chi connectivity index (χ1n) is 8.95. The Hall–Kier alpha value is -3.35. The van der Waals surface area contributed by atoms with E-state index in [1.54, 1.807) is 14.0 Å². The molecule has 28 heavy (non-hydrogen) atoms. The van der Waals surface area contributed by atoms with Gasteiger partial charge in [-0.25, -0.2) is 0 Å². The van der Waals surface area contributed by atoms with Gasteiger partial charge in [0.15, 0.2) is 6.10 Å². The van der Waals surface area contributed by atoms with Crippen molar-refractivity contribution in [1.29, 1.82) is 0 Å². The molecule has 1 aromatic heterocycles. The Bertz CT molecular complexity index is 968. The van der Waals surface area contributed by atoms with Crippen LogP contribution in [0.5, 0.6) is 11.5 Å². The Morgan fingerprint density at radius 2 is 2.00 bits per heavy atom. The summed E-state index contributed by atoms with van der Waals surface area (Å²) in [6.45, 7) is 5.79. The molecular formula is C21H23N3O4. The van der Waals surface area contributed by atoms with Crippen LogP contribution < -0.4 is 14.8 Å². The summed E-state index contributed by atoms with van der Waals surface area (Å²) in [5.74, 6) is 1.88. The third kappa shape index (κ3) is 4.49. The average Bonchev–Trinajstić information content (AvgIpc) is 3.18. The normalized spacial score (nSPS) is 11.7. The average molecular weight is 381 g/mol. The lowest BCUT2D eigenvalue weighted by Crippen LogP contribution is -2.36. The minimum Gasteiger partial charge on any atom is -0.497 e. The van der Waals surface area contributed by atoms with Crippen LogP contribution in [0.4, 0.5) is 0 Å². The highest BCUT2D eigenvalue weighted by Crippen LogP contribution is 2.22. The van der Waals surface area contributed by atoms with Crippen LogP contribution >= 0.6 is 0 Å². The number of hydrogen-bond donors (Lipinski definition) is 1. The highest BCUT2D eigenvalue weighted by Gasteiger charge is 2.17. The number of nitrogens with zero attached hydrogens (tertiary/aromatic N) is 2. The molecule has 0 aliphatic carbocycles. The van der Waals surface area contributed by atoms with Crippen LogP contribution in [-0.2, 0) is 11.3 Å². The predicted octanol–water partition coefficient (Wildman–Crippen LogP) is 3.45. The molecule has 7 heteroatoms. The molecule has 1 amide bonds. The van der Waals surface area contributed by atoms with Crippen LogP contribution in [0.25, 0.3) is 11.4 Å². The van der Waals surface area contributed by atoms with Gasteiger partial charge in [-0.1, -0.05) is 29.4 Å². The van der Waals surface area contributed by atoms with Crippen molar-refractivity contribution in [3.63, 3.8) is 0 Å². The summed E-state index contributed by atoms with van der Waals surface area (Å²) >= 11 is 0. The molecule has 7 nitrogen and oxygen atoms in total. The number of ether oxygens (including phenoxy) is 2. The van der Waals surface area contributed by atoms with Crippen molar-refractivity contribution in [2.24, 2.45) is 0 Å². The number of nitrogens with one attached hydrogen (secondary N) is 1. The van der Waals surface area contributed by atoms with Gasteiger partial charge in [-0.3, -0.25) is 4.79 Å². The second-order valence-electron chi connectivity index (χ2n) is 6.42. The highest BCUT2D eigenvalue weighted by molar-refractivity contribution is 5.80. The molecule has 0 saturated carbocycles. The van der Waals surface area contributed by atoms with Crippen LogP contribution in [0.15, 0.2) is 47.0 Å². The summed E-state index contributed by atoms with van der Waals surface area (Å²) in [5.41, 5.74) is 2.90. The van der Waals surface area contributed by atoms with Gasteiger partial charge in [-0.15, -0.1) is 0 Å². The molecule has 3 aromatic rings. The maximum absolute atomic E-state index is 12.3. The van der Waals surface area contributed by atoms with Crippen molar-refractivity contribution in [1.82, 2.24) is 15.5 Å². The van der Waals surface area contributed by atoms with Crippen molar-refractivity contribution in [3.05, 3.63) is 59.5 Å². The van der Waals surface area contributed by atoms with Gasteiger partial charge >= 0.3 is 0 Å². The number of hydrogen-bond acceptors (Lipinski definition) is 6. The van der Waals surface area contributed by atoms with Gasteiger partial charge in [0.25, 0.3) is 5.91 Å². The molecule has 146 valence electrons. The molecular weight excluding hydrogens is 358 g/mol. The standard InChI is InChI=1S/C21H23N3O4/c1-13-7-5-10-18(14(13)2)27-15(3)21(25)22-12-19-23-20(24-28-19)16-8-6-9-17(11-16)26-4/h5-11,15H,12H2,1-4H3,(H,22,25)/t15-/m0/s1. The first kappa shape index (κ1) is 19.4. The van der Waals surface area contributed by atoms with Crippen molar-refractivity contribution < 1.29 is 18.8 Å². The molecule has 1 N–H and O–H groups in total. The lowest BCUT2D eigenvalue weighted by Gasteiger charge is -2.16. The number of rotatable bonds is 7. The summed E-state index contributed by atoms with van der Waals surface area (Å²) in [5, 5.41) is 6.70. The first-order valence-corrected chi connectivity index (χ1v) is 8.95. The zero-order valence-electron chi connectivity index (χ0n) is 16.4. The number of amides is 1. The predicted molar refractivity (Wildman–Crippen MR) is 104 cm³/mol. The summed E-state index contributed by atoms with van der Waals surface area (Å²) < 4.78 is 16.2. The van der Waals surface area contributed by atoms with E-state index in [9.17, 15) is 4.79 Å². The molecule has 0 bridgehead atoms. The maximum Gasteiger partial charge on any atom is 0.261 e. The van der Waals surface area contributed by atoms with E-state index in [1.807, 2.05) is 56.3 Å². The van der Waals surface area contributed by atoms with Gasteiger partial charge < -0.3 is 19.3 Å². The Morgan fingerprint density at radius 3 is 2.79 bits per heavy atom. The molecule has 1 atom stereocenters. The molecule has 3 rings (SSSR count). The molecule has 0 fully saturated rings. The smallest absolute Gasteiger partial charge is 0.261 e. The molecule has 0 saturated heterocycles. The van der Waals surface area contributed by atoms with Gasteiger partial charge in [-0.2, -0.15) is 4.98 Å². The zero-order chi connectivity index (χ0) is 20.1.